The zero-order valence-electron chi connectivity index (χ0n) is 27.3. The van der Waals surface area contributed by atoms with Gasteiger partial charge in [0.15, 0.2) is 0 Å². The SMILES string of the molecule is COC(=O)CCn1c(C)c(CCCOc2cc(C)c(Cl)c(C)c2)c2ccc(Cl)c(-c3c(C)nn(CCN4CCOCC4)c3C)c21. The minimum Gasteiger partial charge on any atom is -0.494 e. The first-order valence-corrected chi connectivity index (χ1v) is 16.5. The second kappa shape index (κ2) is 14.6. The van der Waals surface area contributed by atoms with E-state index in [1.807, 2.05) is 32.0 Å². The number of carbonyl (C=O) groups excluding carboxylic acids is 1. The first-order valence-electron chi connectivity index (χ1n) is 15.7. The van der Waals surface area contributed by atoms with Crippen molar-refractivity contribution in [2.24, 2.45) is 0 Å². The molecular weight excluding hydrogens is 611 g/mol. The lowest BCUT2D eigenvalue weighted by Gasteiger charge is -2.26. The molecule has 4 aromatic rings. The van der Waals surface area contributed by atoms with Gasteiger partial charge in [0.05, 0.1) is 56.1 Å². The third-order valence-electron chi connectivity index (χ3n) is 8.94. The maximum atomic E-state index is 12.3. The number of rotatable bonds is 12. The van der Waals surface area contributed by atoms with Crippen LogP contribution >= 0.6 is 23.2 Å². The highest BCUT2D eigenvalue weighted by atomic mass is 35.5. The number of halogens is 2. The smallest absolute Gasteiger partial charge is 0.307 e. The average molecular weight is 656 g/mol. The van der Waals surface area contributed by atoms with Gasteiger partial charge in [0.2, 0.25) is 0 Å². The predicted octanol–water partition coefficient (Wildman–Crippen LogP) is 7.26. The molecule has 8 nitrogen and oxygen atoms in total. The number of fused-ring (bicyclic) bond motifs is 1. The van der Waals surface area contributed by atoms with Crippen LogP contribution in [0.15, 0.2) is 24.3 Å². The number of methoxy groups -OCH3 is 1. The summed E-state index contributed by atoms with van der Waals surface area (Å²) in [4.78, 5) is 14.7. The zero-order chi connectivity index (χ0) is 32.2. The van der Waals surface area contributed by atoms with Crippen molar-refractivity contribution in [3.8, 4) is 16.9 Å². The van der Waals surface area contributed by atoms with Gasteiger partial charge in [0, 0.05) is 59.1 Å². The Labute approximate surface area is 276 Å². The van der Waals surface area contributed by atoms with Crippen molar-refractivity contribution < 1.29 is 19.0 Å². The van der Waals surface area contributed by atoms with Crippen molar-refractivity contribution in [2.75, 3.05) is 46.6 Å². The Kier molecular flexibility index (Phi) is 10.8. The van der Waals surface area contributed by atoms with E-state index in [9.17, 15) is 4.79 Å². The molecule has 0 saturated carbocycles. The van der Waals surface area contributed by atoms with Gasteiger partial charge >= 0.3 is 5.97 Å². The van der Waals surface area contributed by atoms with Crippen LogP contribution in [0.4, 0.5) is 0 Å². The molecule has 1 aliphatic rings. The molecule has 0 spiro atoms. The van der Waals surface area contributed by atoms with Crippen molar-refractivity contribution in [2.45, 2.75) is 67.0 Å². The van der Waals surface area contributed by atoms with E-state index in [0.29, 0.717) is 18.2 Å². The van der Waals surface area contributed by atoms with E-state index in [2.05, 4.69) is 41.0 Å². The number of aryl methyl sites for hydroxylation is 5. The molecule has 1 fully saturated rings. The highest BCUT2D eigenvalue weighted by Gasteiger charge is 2.25. The lowest BCUT2D eigenvalue weighted by Crippen LogP contribution is -2.38. The molecule has 1 aliphatic heterocycles. The summed E-state index contributed by atoms with van der Waals surface area (Å²) in [7, 11) is 1.43. The normalized spacial score (nSPS) is 14.0. The molecular formula is C35H44Cl2N4O4. The summed E-state index contributed by atoms with van der Waals surface area (Å²) in [6.45, 7) is 16.5. The minimum absolute atomic E-state index is 0.244. The Morgan fingerprint density at radius 3 is 2.36 bits per heavy atom. The Morgan fingerprint density at radius 2 is 1.67 bits per heavy atom. The van der Waals surface area contributed by atoms with E-state index in [4.69, 9.17) is 42.5 Å². The highest BCUT2D eigenvalue weighted by molar-refractivity contribution is 6.35. The van der Waals surface area contributed by atoms with Crippen LogP contribution in [0.1, 0.15) is 46.6 Å². The molecule has 0 unspecified atom stereocenters. The maximum absolute atomic E-state index is 12.3. The number of ether oxygens (including phenoxy) is 3. The van der Waals surface area contributed by atoms with Gasteiger partial charge in [-0.1, -0.05) is 29.3 Å². The Morgan fingerprint density at radius 1 is 0.956 bits per heavy atom. The molecule has 0 N–H and O–H groups in total. The summed E-state index contributed by atoms with van der Waals surface area (Å²) in [5, 5.41) is 7.54. The quantitative estimate of drug-likeness (QED) is 0.118. The molecule has 1 saturated heterocycles. The van der Waals surface area contributed by atoms with E-state index < -0.39 is 0 Å². The number of nitrogens with zero attached hydrogens (tertiary/aromatic N) is 4. The van der Waals surface area contributed by atoms with Crippen LogP contribution in [0.5, 0.6) is 5.75 Å². The number of hydrogen-bond acceptors (Lipinski definition) is 6. The summed E-state index contributed by atoms with van der Waals surface area (Å²) in [6, 6.07) is 8.07. The second-order valence-electron chi connectivity index (χ2n) is 11.9. The van der Waals surface area contributed by atoms with Crippen LogP contribution in [0.25, 0.3) is 22.0 Å². The van der Waals surface area contributed by atoms with E-state index in [-0.39, 0.29) is 12.4 Å². The fourth-order valence-corrected chi connectivity index (χ4v) is 6.88. The highest BCUT2D eigenvalue weighted by Crippen LogP contribution is 2.42. The Hall–Kier alpha value is -3.04. The number of esters is 1. The Balaban J connectivity index is 1.48. The second-order valence-corrected chi connectivity index (χ2v) is 12.7. The fourth-order valence-electron chi connectivity index (χ4n) is 6.52. The molecule has 3 heterocycles. The van der Waals surface area contributed by atoms with Gasteiger partial charge in [-0.15, -0.1) is 0 Å². The van der Waals surface area contributed by atoms with Crippen molar-refractivity contribution in [3.05, 3.63) is 68.1 Å². The number of benzene rings is 2. The van der Waals surface area contributed by atoms with Gasteiger partial charge in [-0.2, -0.15) is 5.10 Å². The van der Waals surface area contributed by atoms with Gasteiger partial charge < -0.3 is 18.8 Å². The van der Waals surface area contributed by atoms with Gasteiger partial charge in [-0.25, -0.2) is 0 Å². The third kappa shape index (κ3) is 7.19. The summed E-state index contributed by atoms with van der Waals surface area (Å²) < 4.78 is 21.0. The van der Waals surface area contributed by atoms with Crippen LogP contribution in [-0.2, 0) is 33.8 Å². The first kappa shape index (κ1) is 33.3. The van der Waals surface area contributed by atoms with Gasteiger partial charge in [0.25, 0.3) is 0 Å². The largest absolute Gasteiger partial charge is 0.494 e. The average Bonchev–Trinajstić information content (AvgIpc) is 3.46. The Bertz CT molecular complexity index is 1660. The molecule has 0 atom stereocenters. The molecule has 2 aromatic carbocycles. The fraction of sp³-hybridized carbons (Fsp3) is 0.486. The van der Waals surface area contributed by atoms with E-state index in [1.165, 1.54) is 12.7 Å². The van der Waals surface area contributed by atoms with Crippen LogP contribution < -0.4 is 4.74 Å². The molecule has 0 amide bonds. The van der Waals surface area contributed by atoms with Crippen molar-refractivity contribution in [3.63, 3.8) is 0 Å². The van der Waals surface area contributed by atoms with Crippen LogP contribution in [0, 0.1) is 34.6 Å². The van der Waals surface area contributed by atoms with Crippen molar-refractivity contribution in [1.29, 1.82) is 0 Å². The number of aromatic nitrogens is 3. The van der Waals surface area contributed by atoms with Crippen LogP contribution in [0.3, 0.4) is 0 Å². The summed E-state index contributed by atoms with van der Waals surface area (Å²) in [6.07, 6.45) is 1.91. The van der Waals surface area contributed by atoms with Crippen molar-refractivity contribution >= 4 is 40.1 Å². The van der Waals surface area contributed by atoms with Crippen molar-refractivity contribution in [1.82, 2.24) is 19.2 Å². The standard InChI is InChI=1S/C35H44Cl2N4O4/c1-22-20-27(21-23(2)34(22)37)45-17-7-8-28-25(4)40(12-11-31(42)43-6)35-29(28)9-10-30(36)33(35)32-24(3)38-41(26(32)5)14-13-39-15-18-44-19-16-39/h9-10,20-21H,7-8,11-19H2,1-6H3. The molecule has 2 aromatic heterocycles. The topological polar surface area (TPSA) is 70.8 Å². The minimum atomic E-state index is -0.244. The maximum Gasteiger partial charge on any atom is 0.307 e. The van der Waals surface area contributed by atoms with E-state index in [1.54, 1.807) is 0 Å². The molecule has 0 radical (unpaired) electrons. The molecule has 0 bridgehead atoms. The number of morpholine rings is 1. The summed E-state index contributed by atoms with van der Waals surface area (Å²) in [5.41, 5.74) is 9.43. The van der Waals surface area contributed by atoms with E-state index >= 15 is 0 Å². The lowest BCUT2D eigenvalue weighted by atomic mass is 9.98. The predicted molar refractivity (Wildman–Crippen MR) is 181 cm³/mol. The zero-order valence-corrected chi connectivity index (χ0v) is 28.8. The monoisotopic (exact) mass is 654 g/mol. The summed E-state index contributed by atoms with van der Waals surface area (Å²) >= 11 is 13.4. The van der Waals surface area contributed by atoms with Crippen LogP contribution in [-0.4, -0.2) is 71.8 Å². The molecule has 10 heteroatoms. The molecule has 0 aliphatic carbocycles. The first-order chi connectivity index (χ1) is 21.6. The molecule has 45 heavy (non-hydrogen) atoms. The van der Waals surface area contributed by atoms with Crippen LogP contribution in [0.2, 0.25) is 10.0 Å². The van der Waals surface area contributed by atoms with Gasteiger partial charge in [-0.3, -0.25) is 14.4 Å². The molecule has 242 valence electrons. The molecule has 5 rings (SSSR count). The number of carbonyl (C=O) groups is 1. The summed E-state index contributed by atoms with van der Waals surface area (Å²) in [5.74, 6) is 0.587. The van der Waals surface area contributed by atoms with Gasteiger partial charge in [-0.05, 0) is 82.3 Å². The third-order valence-corrected chi connectivity index (χ3v) is 9.86. The van der Waals surface area contributed by atoms with Gasteiger partial charge in [0.1, 0.15) is 5.75 Å². The lowest BCUT2D eigenvalue weighted by molar-refractivity contribution is -0.140. The van der Waals surface area contributed by atoms with E-state index in [0.717, 1.165) is 113 Å². The number of hydrogen-bond donors (Lipinski definition) is 0.